The molecule has 1 aromatic carbocycles. The van der Waals surface area contributed by atoms with Crippen LogP contribution < -0.4 is 0 Å². The highest BCUT2D eigenvalue weighted by molar-refractivity contribution is 5.91. The van der Waals surface area contributed by atoms with E-state index in [2.05, 4.69) is 0 Å². The fourth-order valence-corrected chi connectivity index (χ4v) is 1.66. The van der Waals surface area contributed by atoms with Crippen LogP contribution in [-0.4, -0.2) is 13.1 Å². The topological polar surface area (TPSA) is 50.1 Å². The molecule has 76 valence electrons. The number of esters is 1. The molecule has 0 aliphatic heterocycles. The largest absolute Gasteiger partial charge is 0.465 e. The van der Waals surface area contributed by atoms with Gasteiger partial charge in [0.25, 0.3) is 0 Å². The van der Waals surface area contributed by atoms with E-state index in [0.29, 0.717) is 17.0 Å². The van der Waals surface area contributed by atoms with Crippen molar-refractivity contribution in [1.82, 2.24) is 0 Å². The van der Waals surface area contributed by atoms with E-state index in [9.17, 15) is 4.79 Å². The van der Waals surface area contributed by atoms with E-state index >= 15 is 0 Å². The highest BCUT2D eigenvalue weighted by Crippen LogP contribution is 2.41. The number of hydrogen-bond donors (Lipinski definition) is 0. The Labute approximate surface area is 88.3 Å². The molecule has 3 heteroatoms. The maximum Gasteiger partial charge on any atom is 0.338 e. The van der Waals surface area contributed by atoms with E-state index < -0.39 is 0 Å². The van der Waals surface area contributed by atoms with Gasteiger partial charge in [-0.2, -0.15) is 5.26 Å². The van der Waals surface area contributed by atoms with Crippen LogP contribution in [0.2, 0.25) is 0 Å². The van der Waals surface area contributed by atoms with Crippen molar-refractivity contribution in [2.75, 3.05) is 7.11 Å². The van der Waals surface area contributed by atoms with E-state index in [1.54, 1.807) is 12.1 Å². The lowest BCUT2D eigenvalue weighted by Crippen LogP contribution is -2.05. The molecule has 1 aromatic rings. The summed E-state index contributed by atoms with van der Waals surface area (Å²) in [4.78, 5) is 11.5. The summed E-state index contributed by atoms with van der Waals surface area (Å²) in [6.07, 6.45) is 2.24. The maximum absolute atomic E-state index is 11.5. The standard InChI is InChI=1S/C12H11NO2/c1-15-12(14)11-6-8(7-13)2-5-10(11)9-3-4-9/h2,5-6,9H,3-4H2,1H3. The second kappa shape index (κ2) is 3.74. The first kappa shape index (κ1) is 9.72. The van der Waals surface area contributed by atoms with Gasteiger partial charge < -0.3 is 4.74 Å². The molecule has 15 heavy (non-hydrogen) atoms. The summed E-state index contributed by atoms with van der Waals surface area (Å²) in [5.41, 5.74) is 2.06. The SMILES string of the molecule is COC(=O)c1cc(C#N)ccc1C1CC1. The van der Waals surface area contributed by atoms with Crippen molar-refractivity contribution in [1.29, 1.82) is 5.26 Å². The molecule has 0 amide bonds. The molecule has 0 heterocycles. The Morgan fingerprint density at radius 1 is 1.53 bits per heavy atom. The van der Waals surface area contributed by atoms with Crippen LogP contribution in [0.15, 0.2) is 18.2 Å². The molecular formula is C12H11NO2. The molecule has 0 bridgehead atoms. The number of ether oxygens (including phenoxy) is 1. The monoisotopic (exact) mass is 201 g/mol. The number of methoxy groups -OCH3 is 1. The minimum atomic E-state index is -0.353. The van der Waals surface area contributed by atoms with Crippen LogP contribution in [0.25, 0.3) is 0 Å². The van der Waals surface area contributed by atoms with Crippen LogP contribution in [0.1, 0.15) is 40.2 Å². The van der Waals surface area contributed by atoms with Gasteiger partial charge in [0.05, 0.1) is 24.3 Å². The lowest BCUT2D eigenvalue weighted by atomic mass is 10.0. The molecule has 0 spiro atoms. The molecular weight excluding hydrogens is 190 g/mol. The zero-order valence-corrected chi connectivity index (χ0v) is 8.49. The number of hydrogen-bond acceptors (Lipinski definition) is 3. The second-order valence-corrected chi connectivity index (χ2v) is 3.68. The van der Waals surface area contributed by atoms with Crippen LogP contribution in [0, 0.1) is 11.3 Å². The van der Waals surface area contributed by atoms with Gasteiger partial charge in [0.1, 0.15) is 0 Å². The molecule has 1 aliphatic carbocycles. The van der Waals surface area contributed by atoms with E-state index in [1.807, 2.05) is 12.1 Å². The Morgan fingerprint density at radius 2 is 2.27 bits per heavy atom. The highest BCUT2D eigenvalue weighted by Gasteiger charge is 2.28. The molecule has 2 rings (SSSR count). The van der Waals surface area contributed by atoms with Crippen molar-refractivity contribution in [3.8, 4) is 6.07 Å². The minimum Gasteiger partial charge on any atom is -0.465 e. The molecule has 1 aliphatic rings. The van der Waals surface area contributed by atoms with E-state index in [-0.39, 0.29) is 5.97 Å². The Kier molecular flexibility index (Phi) is 2.42. The van der Waals surface area contributed by atoms with Crippen molar-refractivity contribution in [2.45, 2.75) is 18.8 Å². The predicted molar refractivity (Wildman–Crippen MR) is 54.5 cm³/mol. The van der Waals surface area contributed by atoms with Gasteiger partial charge in [-0.05, 0) is 36.5 Å². The van der Waals surface area contributed by atoms with Crippen molar-refractivity contribution >= 4 is 5.97 Å². The molecule has 1 saturated carbocycles. The van der Waals surface area contributed by atoms with E-state index in [4.69, 9.17) is 10.00 Å². The summed E-state index contributed by atoms with van der Waals surface area (Å²) < 4.78 is 4.71. The first-order chi connectivity index (χ1) is 7.26. The lowest BCUT2D eigenvalue weighted by molar-refractivity contribution is 0.0599. The van der Waals surface area contributed by atoms with Crippen LogP contribution in [0.5, 0.6) is 0 Å². The van der Waals surface area contributed by atoms with Crippen molar-refractivity contribution < 1.29 is 9.53 Å². The smallest absolute Gasteiger partial charge is 0.338 e. The van der Waals surface area contributed by atoms with Crippen LogP contribution >= 0.6 is 0 Å². The lowest BCUT2D eigenvalue weighted by Gasteiger charge is -2.06. The third-order valence-corrected chi connectivity index (χ3v) is 2.60. The first-order valence-corrected chi connectivity index (χ1v) is 4.88. The zero-order valence-electron chi connectivity index (χ0n) is 8.49. The fourth-order valence-electron chi connectivity index (χ4n) is 1.66. The van der Waals surface area contributed by atoms with Gasteiger partial charge >= 0.3 is 5.97 Å². The van der Waals surface area contributed by atoms with Gasteiger partial charge in [0.2, 0.25) is 0 Å². The normalized spacial score (nSPS) is 14.4. The van der Waals surface area contributed by atoms with Gasteiger partial charge in [-0.3, -0.25) is 0 Å². The van der Waals surface area contributed by atoms with Crippen molar-refractivity contribution in [2.24, 2.45) is 0 Å². The van der Waals surface area contributed by atoms with Gasteiger partial charge in [0, 0.05) is 0 Å². The average molecular weight is 201 g/mol. The third-order valence-electron chi connectivity index (χ3n) is 2.60. The Balaban J connectivity index is 2.46. The molecule has 0 N–H and O–H groups in total. The summed E-state index contributed by atoms with van der Waals surface area (Å²) in [5, 5.41) is 8.76. The number of benzene rings is 1. The summed E-state index contributed by atoms with van der Waals surface area (Å²) in [7, 11) is 1.36. The zero-order chi connectivity index (χ0) is 10.8. The highest BCUT2D eigenvalue weighted by atomic mass is 16.5. The van der Waals surface area contributed by atoms with Crippen molar-refractivity contribution in [3.63, 3.8) is 0 Å². The summed E-state index contributed by atoms with van der Waals surface area (Å²) in [5.74, 6) is 0.126. The Bertz CT molecular complexity index is 441. The van der Waals surface area contributed by atoms with Gasteiger partial charge in [0.15, 0.2) is 0 Å². The molecule has 0 aromatic heterocycles. The minimum absolute atomic E-state index is 0.353. The quantitative estimate of drug-likeness (QED) is 0.689. The number of nitriles is 1. The first-order valence-electron chi connectivity index (χ1n) is 4.88. The summed E-state index contributed by atoms with van der Waals surface area (Å²) in [6, 6.07) is 7.25. The van der Waals surface area contributed by atoms with Gasteiger partial charge in [-0.25, -0.2) is 4.79 Å². The molecule has 0 radical (unpaired) electrons. The number of nitrogens with zero attached hydrogens (tertiary/aromatic N) is 1. The molecule has 0 saturated heterocycles. The van der Waals surface area contributed by atoms with E-state index in [0.717, 1.165) is 18.4 Å². The molecule has 3 nitrogen and oxygen atoms in total. The van der Waals surface area contributed by atoms with Crippen LogP contribution in [0.3, 0.4) is 0 Å². The van der Waals surface area contributed by atoms with Gasteiger partial charge in [-0.15, -0.1) is 0 Å². The maximum atomic E-state index is 11.5. The second-order valence-electron chi connectivity index (χ2n) is 3.68. The number of rotatable bonds is 2. The third kappa shape index (κ3) is 1.84. The number of carbonyl (C=O) groups excluding carboxylic acids is 1. The summed E-state index contributed by atoms with van der Waals surface area (Å²) in [6.45, 7) is 0. The molecule has 0 unspecified atom stereocenters. The summed E-state index contributed by atoms with van der Waals surface area (Å²) >= 11 is 0. The Morgan fingerprint density at radius 3 is 2.80 bits per heavy atom. The van der Waals surface area contributed by atoms with E-state index in [1.165, 1.54) is 7.11 Å². The Hall–Kier alpha value is -1.82. The predicted octanol–water partition coefficient (Wildman–Crippen LogP) is 2.22. The molecule has 1 fully saturated rings. The fraction of sp³-hybridized carbons (Fsp3) is 0.333. The van der Waals surface area contributed by atoms with Gasteiger partial charge in [-0.1, -0.05) is 6.07 Å². The average Bonchev–Trinajstić information content (AvgIpc) is 3.11. The number of carbonyl (C=O) groups is 1. The van der Waals surface area contributed by atoms with Crippen LogP contribution in [-0.2, 0) is 4.74 Å². The van der Waals surface area contributed by atoms with Crippen LogP contribution in [0.4, 0.5) is 0 Å². The van der Waals surface area contributed by atoms with Crippen molar-refractivity contribution in [3.05, 3.63) is 34.9 Å². The molecule has 0 atom stereocenters.